The summed E-state index contributed by atoms with van der Waals surface area (Å²) < 4.78 is 0. The highest BCUT2D eigenvalue weighted by Gasteiger charge is 2.22. The topological polar surface area (TPSA) is 32.3 Å². The first-order valence-electron chi connectivity index (χ1n) is 5.22. The van der Waals surface area contributed by atoms with E-state index in [9.17, 15) is 4.79 Å². The Morgan fingerprint density at radius 2 is 2.38 bits per heavy atom. The van der Waals surface area contributed by atoms with Crippen LogP contribution in [-0.4, -0.2) is 37.0 Å². The fourth-order valence-electron chi connectivity index (χ4n) is 2.06. The number of nitrogens with zero attached hydrogens (tertiary/aromatic N) is 1. The molecular formula is C10H20N2O. The average molecular weight is 184 g/mol. The van der Waals surface area contributed by atoms with Crippen LogP contribution >= 0.6 is 0 Å². The highest BCUT2D eigenvalue weighted by atomic mass is 16.1. The SMILES string of the molecule is CCN1CCCC1CCC(=O)NC. The van der Waals surface area contributed by atoms with Crippen molar-refractivity contribution in [3.8, 4) is 0 Å². The second-order valence-electron chi connectivity index (χ2n) is 3.64. The quantitative estimate of drug-likeness (QED) is 0.707. The molecule has 0 aromatic heterocycles. The Morgan fingerprint density at radius 1 is 1.62 bits per heavy atom. The third-order valence-corrected chi connectivity index (χ3v) is 2.89. The van der Waals surface area contributed by atoms with Crippen molar-refractivity contribution in [3.63, 3.8) is 0 Å². The smallest absolute Gasteiger partial charge is 0.219 e. The zero-order valence-electron chi connectivity index (χ0n) is 8.68. The number of rotatable bonds is 4. The lowest BCUT2D eigenvalue weighted by Crippen LogP contribution is -2.30. The molecule has 1 heterocycles. The molecule has 1 aliphatic heterocycles. The van der Waals surface area contributed by atoms with Crippen LogP contribution in [0, 0.1) is 0 Å². The van der Waals surface area contributed by atoms with Crippen LogP contribution in [0.25, 0.3) is 0 Å². The van der Waals surface area contributed by atoms with Crippen molar-refractivity contribution in [3.05, 3.63) is 0 Å². The molecule has 1 N–H and O–H groups in total. The molecule has 0 bridgehead atoms. The van der Waals surface area contributed by atoms with Crippen LogP contribution in [-0.2, 0) is 4.79 Å². The molecule has 76 valence electrons. The number of likely N-dealkylation sites (tertiary alicyclic amines) is 1. The van der Waals surface area contributed by atoms with Gasteiger partial charge in [0.25, 0.3) is 0 Å². The van der Waals surface area contributed by atoms with Gasteiger partial charge in [0.05, 0.1) is 0 Å². The van der Waals surface area contributed by atoms with Gasteiger partial charge in [0.15, 0.2) is 0 Å². The number of amides is 1. The molecule has 1 aliphatic rings. The summed E-state index contributed by atoms with van der Waals surface area (Å²) in [5.41, 5.74) is 0. The van der Waals surface area contributed by atoms with E-state index in [0.29, 0.717) is 12.5 Å². The Kier molecular flexibility index (Phi) is 4.22. The average Bonchev–Trinajstić information content (AvgIpc) is 2.61. The minimum absolute atomic E-state index is 0.169. The molecule has 0 aromatic rings. The second kappa shape index (κ2) is 5.22. The van der Waals surface area contributed by atoms with Crippen LogP contribution in [0.5, 0.6) is 0 Å². The molecule has 1 unspecified atom stereocenters. The molecule has 0 spiro atoms. The van der Waals surface area contributed by atoms with E-state index >= 15 is 0 Å². The summed E-state index contributed by atoms with van der Waals surface area (Å²) in [6.07, 6.45) is 4.27. The van der Waals surface area contributed by atoms with Crippen molar-refractivity contribution in [1.29, 1.82) is 0 Å². The Bertz CT molecular complexity index is 170. The highest BCUT2D eigenvalue weighted by Crippen LogP contribution is 2.20. The molecule has 1 fully saturated rings. The van der Waals surface area contributed by atoms with Gasteiger partial charge in [0.1, 0.15) is 0 Å². The zero-order chi connectivity index (χ0) is 9.68. The van der Waals surface area contributed by atoms with Gasteiger partial charge in [0, 0.05) is 19.5 Å². The first kappa shape index (κ1) is 10.5. The van der Waals surface area contributed by atoms with Gasteiger partial charge in [0.2, 0.25) is 5.91 Å². The monoisotopic (exact) mass is 184 g/mol. The summed E-state index contributed by atoms with van der Waals surface area (Å²) in [6, 6.07) is 0.655. The fraction of sp³-hybridized carbons (Fsp3) is 0.900. The van der Waals surface area contributed by atoms with Crippen molar-refractivity contribution in [2.75, 3.05) is 20.1 Å². The molecule has 13 heavy (non-hydrogen) atoms. The maximum absolute atomic E-state index is 11.0. The van der Waals surface area contributed by atoms with E-state index in [0.717, 1.165) is 13.0 Å². The molecule has 3 heteroatoms. The second-order valence-corrected chi connectivity index (χ2v) is 3.64. The number of nitrogens with one attached hydrogen (secondary N) is 1. The van der Waals surface area contributed by atoms with Crippen LogP contribution in [0.15, 0.2) is 0 Å². The lowest BCUT2D eigenvalue weighted by Gasteiger charge is -2.22. The predicted molar refractivity (Wildman–Crippen MR) is 53.6 cm³/mol. The van der Waals surface area contributed by atoms with Crippen LogP contribution in [0.2, 0.25) is 0 Å². The minimum atomic E-state index is 0.169. The lowest BCUT2D eigenvalue weighted by atomic mass is 10.1. The first-order chi connectivity index (χ1) is 6.27. The van der Waals surface area contributed by atoms with Crippen molar-refractivity contribution >= 4 is 5.91 Å². The van der Waals surface area contributed by atoms with Gasteiger partial charge in [-0.2, -0.15) is 0 Å². The van der Waals surface area contributed by atoms with Gasteiger partial charge in [-0.25, -0.2) is 0 Å². The molecule has 0 radical (unpaired) electrons. The van der Waals surface area contributed by atoms with Gasteiger partial charge >= 0.3 is 0 Å². The number of hydrogen-bond acceptors (Lipinski definition) is 2. The Balaban J connectivity index is 2.23. The van der Waals surface area contributed by atoms with Gasteiger partial charge in [-0.1, -0.05) is 6.92 Å². The summed E-state index contributed by atoms with van der Waals surface area (Å²) in [5, 5.41) is 2.66. The Hall–Kier alpha value is -0.570. The molecule has 0 saturated carbocycles. The zero-order valence-corrected chi connectivity index (χ0v) is 8.68. The number of carbonyl (C=O) groups is 1. The largest absolute Gasteiger partial charge is 0.359 e. The van der Waals surface area contributed by atoms with E-state index in [1.165, 1.54) is 19.4 Å². The van der Waals surface area contributed by atoms with Crippen LogP contribution in [0.3, 0.4) is 0 Å². The third kappa shape index (κ3) is 2.99. The third-order valence-electron chi connectivity index (χ3n) is 2.89. The first-order valence-corrected chi connectivity index (χ1v) is 5.22. The maximum Gasteiger partial charge on any atom is 0.219 e. The Morgan fingerprint density at radius 3 is 3.00 bits per heavy atom. The summed E-state index contributed by atoms with van der Waals surface area (Å²) in [7, 11) is 1.70. The van der Waals surface area contributed by atoms with Crippen molar-refractivity contribution in [2.24, 2.45) is 0 Å². The molecule has 1 atom stereocenters. The van der Waals surface area contributed by atoms with E-state index in [1.54, 1.807) is 7.05 Å². The van der Waals surface area contributed by atoms with Crippen molar-refractivity contribution in [1.82, 2.24) is 10.2 Å². The van der Waals surface area contributed by atoms with Crippen molar-refractivity contribution < 1.29 is 4.79 Å². The van der Waals surface area contributed by atoms with Gasteiger partial charge in [-0.3, -0.25) is 4.79 Å². The van der Waals surface area contributed by atoms with Crippen LogP contribution in [0.4, 0.5) is 0 Å². The van der Waals surface area contributed by atoms with Gasteiger partial charge < -0.3 is 10.2 Å². The van der Waals surface area contributed by atoms with Crippen LogP contribution in [0.1, 0.15) is 32.6 Å². The van der Waals surface area contributed by atoms with E-state index < -0.39 is 0 Å². The molecular weight excluding hydrogens is 164 g/mol. The summed E-state index contributed by atoms with van der Waals surface area (Å²) >= 11 is 0. The number of carbonyl (C=O) groups excluding carboxylic acids is 1. The van der Waals surface area contributed by atoms with E-state index in [2.05, 4.69) is 17.1 Å². The molecule has 0 aromatic carbocycles. The Labute approximate surface area is 80.5 Å². The standard InChI is InChI=1S/C10H20N2O/c1-3-12-8-4-5-9(12)6-7-10(13)11-2/h9H,3-8H2,1-2H3,(H,11,13). The maximum atomic E-state index is 11.0. The normalized spacial score (nSPS) is 23.4. The van der Waals surface area contributed by atoms with Crippen LogP contribution < -0.4 is 5.32 Å². The minimum Gasteiger partial charge on any atom is -0.359 e. The molecule has 1 saturated heterocycles. The van der Waals surface area contributed by atoms with E-state index in [1.807, 2.05) is 0 Å². The highest BCUT2D eigenvalue weighted by molar-refractivity contribution is 5.75. The lowest BCUT2D eigenvalue weighted by molar-refractivity contribution is -0.120. The molecule has 1 amide bonds. The fourth-order valence-corrected chi connectivity index (χ4v) is 2.06. The van der Waals surface area contributed by atoms with Gasteiger partial charge in [-0.15, -0.1) is 0 Å². The van der Waals surface area contributed by atoms with E-state index in [4.69, 9.17) is 0 Å². The van der Waals surface area contributed by atoms with Gasteiger partial charge in [-0.05, 0) is 32.4 Å². The molecule has 0 aliphatic carbocycles. The molecule has 3 nitrogen and oxygen atoms in total. The van der Waals surface area contributed by atoms with E-state index in [-0.39, 0.29) is 5.91 Å². The summed E-state index contributed by atoms with van der Waals surface area (Å²) in [4.78, 5) is 13.5. The number of hydrogen-bond donors (Lipinski definition) is 1. The predicted octanol–water partition coefficient (Wildman–Crippen LogP) is 0.997. The molecule has 1 rings (SSSR count). The van der Waals surface area contributed by atoms with Crippen molar-refractivity contribution in [2.45, 2.75) is 38.6 Å². The summed E-state index contributed by atoms with van der Waals surface area (Å²) in [6.45, 7) is 4.53. The summed E-state index contributed by atoms with van der Waals surface area (Å²) in [5.74, 6) is 0.169.